The van der Waals surface area contributed by atoms with Gasteiger partial charge < -0.3 is 9.88 Å². The molecule has 0 unspecified atom stereocenters. The number of amides is 1. The highest BCUT2D eigenvalue weighted by Gasteiger charge is 2.11. The zero-order chi connectivity index (χ0) is 12.6. The van der Waals surface area contributed by atoms with E-state index >= 15 is 0 Å². The maximum absolute atomic E-state index is 11.8. The quantitative estimate of drug-likeness (QED) is 0.847. The summed E-state index contributed by atoms with van der Waals surface area (Å²) in [5, 5.41) is 1.08. The minimum atomic E-state index is 0. The van der Waals surface area contributed by atoms with E-state index in [9.17, 15) is 4.79 Å². The molecule has 0 aliphatic rings. The van der Waals surface area contributed by atoms with Crippen molar-refractivity contribution < 1.29 is 6.22 Å². The lowest BCUT2D eigenvalue weighted by Crippen LogP contribution is -2.21. The molecule has 1 aromatic heterocycles. The molecule has 2 aromatic rings. The summed E-state index contributed by atoms with van der Waals surface area (Å²) < 4.78 is 0. The Morgan fingerprint density at radius 3 is 2.59 bits per heavy atom. The number of benzene rings is 1. The Hall–Kier alpha value is -1.77. The number of aromatic nitrogens is 1. The number of nitrogens with one attached hydrogen (secondary N) is 1. The number of fused-ring (bicyclic) bond motifs is 1. The molecule has 0 saturated carbocycles. The molecule has 1 amide bonds. The van der Waals surface area contributed by atoms with Crippen LogP contribution in [0.2, 0.25) is 0 Å². The Morgan fingerprint density at radius 2 is 2.00 bits per heavy atom. The van der Waals surface area contributed by atoms with Gasteiger partial charge in [-0.1, -0.05) is 26.0 Å². The summed E-state index contributed by atoms with van der Waals surface area (Å²) in [6.45, 7) is 4.33. The highest BCUT2D eigenvalue weighted by atomic mass is 16.2. The van der Waals surface area contributed by atoms with E-state index < -0.39 is 0 Å². The van der Waals surface area contributed by atoms with Gasteiger partial charge in [0.2, 0.25) is 0 Å². The maximum Gasteiger partial charge on any atom is 0.269 e. The minimum absolute atomic E-state index is 0. The first-order chi connectivity index (χ1) is 7.99. The molecular formula is C14H20N2O. The molecule has 0 aliphatic heterocycles. The summed E-state index contributed by atoms with van der Waals surface area (Å²) in [6, 6.07) is 8.20. The topological polar surface area (TPSA) is 36.1 Å². The molecule has 0 radical (unpaired) electrons. The third-order valence-electron chi connectivity index (χ3n) is 2.95. The number of nitrogens with zero attached hydrogens (tertiary/aromatic N) is 1. The zero-order valence-electron chi connectivity index (χ0n) is 10.7. The molecule has 3 heteroatoms. The van der Waals surface area contributed by atoms with Crippen molar-refractivity contribution in [2.75, 3.05) is 14.1 Å². The van der Waals surface area contributed by atoms with Gasteiger partial charge in [0, 0.05) is 26.4 Å². The van der Waals surface area contributed by atoms with E-state index in [2.05, 4.69) is 37.0 Å². The van der Waals surface area contributed by atoms with Crippen LogP contribution in [0.3, 0.4) is 0 Å². The molecule has 2 rings (SSSR count). The first-order valence-electron chi connectivity index (χ1n) is 5.83. The molecule has 0 spiro atoms. The number of hydrogen-bond acceptors (Lipinski definition) is 1. The van der Waals surface area contributed by atoms with Crippen LogP contribution in [0.1, 0.15) is 37.2 Å². The second-order valence-electron chi connectivity index (χ2n) is 4.88. The molecule has 0 aliphatic carbocycles. The number of hydrogen-bond donors (Lipinski definition) is 1. The first kappa shape index (κ1) is 11.7. The molecule has 17 heavy (non-hydrogen) atoms. The van der Waals surface area contributed by atoms with Gasteiger partial charge in [0.1, 0.15) is 5.69 Å². The summed E-state index contributed by atoms with van der Waals surface area (Å²) in [6.07, 6.45) is 0. The van der Waals surface area contributed by atoms with Crippen molar-refractivity contribution in [3.05, 3.63) is 35.5 Å². The Bertz CT molecular complexity index is 558. The van der Waals surface area contributed by atoms with E-state index in [4.69, 9.17) is 0 Å². The van der Waals surface area contributed by atoms with Gasteiger partial charge in [-0.3, -0.25) is 4.79 Å². The lowest BCUT2D eigenvalue weighted by molar-refractivity contribution is 0.0823. The molecule has 0 saturated heterocycles. The van der Waals surface area contributed by atoms with Gasteiger partial charge in [0.25, 0.3) is 5.91 Å². The molecule has 0 fully saturated rings. The maximum atomic E-state index is 11.8. The van der Waals surface area contributed by atoms with E-state index in [0.717, 1.165) is 10.9 Å². The summed E-state index contributed by atoms with van der Waals surface area (Å²) in [5.41, 5.74) is 2.95. The second-order valence-corrected chi connectivity index (χ2v) is 4.88. The van der Waals surface area contributed by atoms with Crippen molar-refractivity contribution in [2.24, 2.45) is 0 Å². The molecule has 1 aromatic carbocycles. The number of carbonyl (C=O) groups excluding carboxylic acids is 1. The largest absolute Gasteiger partial charge is 0.351 e. The van der Waals surface area contributed by atoms with Gasteiger partial charge in [0.15, 0.2) is 0 Å². The van der Waals surface area contributed by atoms with Gasteiger partial charge in [-0.2, -0.15) is 0 Å². The van der Waals surface area contributed by atoms with Crippen LogP contribution < -0.4 is 0 Å². The zero-order valence-corrected chi connectivity index (χ0v) is 10.7. The SMILES string of the molecule is CC(C)c1ccc2cc(C(=O)N(C)C)[nH]c2c1.[HH]. The van der Waals surface area contributed by atoms with E-state index in [-0.39, 0.29) is 7.33 Å². The van der Waals surface area contributed by atoms with Crippen molar-refractivity contribution in [3.63, 3.8) is 0 Å². The van der Waals surface area contributed by atoms with Crippen LogP contribution in [0, 0.1) is 0 Å². The third kappa shape index (κ3) is 2.18. The second kappa shape index (κ2) is 4.24. The van der Waals surface area contributed by atoms with Crippen LogP contribution in [-0.4, -0.2) is 29.9 Å². The first-order valence-corrected chi connectivity index (χ1v) is 5.83. The Kier molecular flexibility index (Phi) is 2.92. The third-order valence-corrected chi connectivity index (χ3v) is 2.95. The summed E-state index contributed by atoms with van der Waals surface area (Å²) >= 11 is 0. The Balaban J connectivity index is 0.00000162. The summed E-state index contributed by atoms with van der Waals surface area (Å²) in [7, 11) is 3.51. The van der Waals surface area contributed by atoms with Crippen molar-refractivity contribution in [2.45, 2.75) is 19.8 Å². The molecule has 1 heterocycles. The normalized spacial score (nSPS) is 11.1. The molecule has 3 nitrogen and oxygen atoms in total. The van der Waals surface area contributed by atoms with E-state index in [1.165, 1.54) is 5.56 Å². The standard InChI is InChI=1S/C14H18N2O.H2/c1-9(2)10-5-6-11-8-13(14(17)16(3)4)15-12(11)7-10;/h5-9,15H,1-4H3;1H. The van der Waals surface area contributed by atoms with Gasteiger partial charge >= 0.3 is 0 Å². The lowest BCUT2D eigenvalue weighted by atomic mass is 10.0. The lowest BCUT2D eigenvalue weighted by Gasteiger charge is -2.07. The highest BCUT2D eigenvalue weighted by molar-refractivity contribution is 5.97. The Labute approximate surface area is 103 Å². The average Bonchev–Trinajstić information content (AvgIpc) is 2.69. The van der Waals surface area contributed by atoms with Gasteiger partial charge in [-0.15, -0.1) is 0 Å². The molecule has 92 valence electrons. The van der Waals surface area contributed by atoms with Crippen molar-refractivity contribution in [1.82, 2.24) is 9.88 Å². The molecule has 0 bridgehead atoms. The van der Waals surface area contributed by atoms with Crippen LogP contribution >= 0.6 is 0 Å². The smallest absolute Gasteiger partial charge is 0.269 e. The molecule has 0 atom stereocenters. The Morgan fingerprint density at radius 1 is 1.29 bits per heavy atom. The van der Waals surface area contributed by atoms with Crippen LogP contribution in [-0.2, 0) is 0 Å². The van der Waals surface area contributed by atoms with Crippen LogP contribution in [0.4, 0.5) is 0 Å². The van der Waals surface area contributed by atoms with Gasteiger partial charge in [-0.05, 0) is 23.6 Å². The molecule has 1 N–H and O–H groups in total. The number of aromatic amines is 1. The van der Waals surface area contributed by atoms with Gasteiger partial charge in [-0.25, -0.2) is 0 Å². The van der Waals surface area contributed by atoms with Crippen molar-refractivity contribution >= 4 is 16.8 Å². The minimum Gasteiger partial charge on any atom is -0.351 e. The van der Waals surface area contributed by atoms with E-state index in [1.807, 2.05) is 6.07 Å². The predicted molar refractivity (Wildman–Crippen MR) is 72.5 cm³/mol. The number of rotatable bonds is 2. The van der Waals surface area contributed by atoms with E-state index in [1.54, 1.807) is 19.0 Å². The number of H-pyrrole nitrogens is 1. The van der Waals surface area contributed by atoms with Gasteiger partial charge in [0.05, 0.1) is 0 Å². The van der Waals surface area contributed by atoms with Crippen molar-refractivity contribution in [3.8, 4) is 0 Å². The number of carbonyl (C=O) groups is 1. The summed E-state index contributed by atoms with van der Waals surface area (Å²) in [5.74, 6) is 0.503. The van der Waals surface area contributed by atoms with Crippen LogP contribution in [0.5, 0.6) is 0 Å². The van der Waals surface area contributed by atoms with E-state index in [0.29, 0.717) is 11.6 Å². The van der Waals surface area contributed by atoms with Crippen molar-refractivity contribution in [1.29, 1.82) is 0 Å². The average molecular weight is 232 g/mol. The molecular weight excluding hydrogens is 212 g/mol. The predicted octanol–water partition coefficient (Wildman–Crippen LogP) is 3.24. The fraction of sp³-hybridized carbons (Fsp3) is 0.357. The fourth-order valence-electron chi connectivity index (χ4n) is 1.86. The summed E-state index contributed by atoms with van der Waals surface area (Å²) in [4.78, 5) is 16.6. The van der Waals surface area contributed by atoms with Crippen LogP contribution in [0.25, 0.3) is 10.9 Å². The monoisotopic (exact) mass is 232 g/mol. The van der Waals surface area contributed by atoms with Crippen LogP contribution in [0.15, 0.2) is 24.3 Å². The fourth-order valence-corrected chi connectivity index (χ4v) is 1.86. The highest BCUT2D eigenvalue weighted by Crippen LogP contribution is 2.22.